The third-order valence-electron chi connectivity index (χ3n) is 4.36. The smallest absolute Gasteiger partial charge is 0.379 e. The van der Waals surface area contributed by atoms with Crippen LogP contribution in [0.4, 0.5) is 27.8 Å². The molecule has 3 rings (SSSR count). The van der Waals surface area contributed by atoms with Crippen molar-refractivity contribution >= 4 is 5.82 Å². The highest BCUT2D eigenvalue weighted by atomic mass is 19.4. The minimum Gasteiger partial charge on any atom is -0.379 e. The molecule has 7 nitrogen and oxygen atoms in total. The maximum Gasteiger partial charge on any atom is 0.418 e. The molecule has 0 saturated heterocycles. The second-order valence-electron chi connectivity index (χ2n) is 6.79. The van der Waals surface area contributed by atoms with Crippen molar-refractivity contribution in [2.45, 2.75) is 25.2 Å². The number of nitrogens with one attached hydrogen (secondary N) is 1. The van der Waals surface area contributed by atoms with Crippen LogP contribution in [0.5, 0.6) is 0 Å². The average molecular weight is 438 g/mol. The van der Waals surface area contributed by atoms with Gasteiger partial charge in [-0.05, 0) is 13.0 Å². The predicted molar refractivity (Wildman–Crippen MR) is 98.6 cm³/mol. The van der Waals surface area contributed by atoms with Crippen LogP contribution in [0.3, 0.4) is 0 Å². The third-order valence-corrected chi connectivity index (χ3v) is 4.36. The van der Waals surface area contributed by atoms with Gasteiger partial charge in [0.15, 0.2) is 23.1 Å². The molecule has 2 N–H and O–H groups in total. The van der Waals surface area contributed by atoms with Crippen LogP contribution in [0.15, 0.2) is 36.5 Å². The molecule has 31 heavy (non-hydrogen) atoms. The van der Waals surface area contributed by atoms with Crippen LogP contribution in [-0.2, 0) is 6.54 Å². The first-order valence-corrected chi connectivity index (χ1v) is 8.79. The molecular formula is C19H15F5N6O. The molecule has 1 unspecified atom stereocenters. The van der Waals surface area contributed by atoms with Crippen molar-refractivity contribution in [3.05, 3.63) is 59.4 Å². The van der Waals surface area contributed by atoms with Gasteiger partial charge in [-0.15, -0.1) is 0 Å². The highest BCUT2D eigenvalue weighted by Gasteiger charge is 2.49. The molecule has 0 aliphatic rings. The van der Waals surface area contributed by atoms with Gasteiger partial charge in [-0.1, -0.05) is 18.2 Å². The van der Waals surface area contributed by atoms with Crippen molar-refractivity contribution < 1.29 is 27.1 Å². The lowest BCUT2D eigenvalue weighted by molar-refractivity contribution is -0.246. The Labute approximate surface area is 172 Å². The molecule has 0 aliphatic heterocycles. The average Bonchev–Trinajstić information content (AvgIpc) is 3.11. The lowest BCUT2D eigenvalue weighted by atomic mass is 10.1. The maximum atomic E-state index is 14.0. The van der Waals surface area contributed by atoms with Crippen LogP contribution in [-0.4, -0.2) is 43.2 Å². The number of nitriles is 1. The van der Waals surface area contributed by atoms with E-state index in [0.717, 1.165) is 6.20 Å². The summed E-state index contributed by atoms with van der Waals surface area (Å²) in [5.74, 6) is -2.31. The largest absolute Gasteiger partial charge is 0.418 e. The number of anilines is 1. The monoisotopic (exact) mass is 438 g/mol. The van der Waals surface area contributed by atoms with Gasteiger partial charge in [0.1, 0.15) is 23.3 Å². The summed E-state index contributed by atoms with van der Waals surface area (Å²) in [6.45, 7) is -0.602. The number of nitrogens with zero attached hydrogens (tertiary/aromatic N) is 5. The molecule has 0 saturated carbocycles. The standard InChI is InChI=1S/C19H15F5N6O/c1-18(31,19(22,23)24)10-27-16-14(21)8-26-17(28-16)15-6-12(7-25)30(29-15)9-11-4-2-3-5-13(11)20/h2-6,8,31H,9-10H2,1H3,(H,26,27,28). The van der Waals surface area contributed by atoms with E-state index in [1.807, 2.05) is 6.07 Å². The fourth-order valence-electron chi connectivity index (χ4n) is 2.50. The molecule has 2 aromatic heterocycles. The van der Waals surface area contributed by atoms with Crippen molar-refractivity contribution in [2.24, 2.45) is 0 Å². The lowest BCUT2D eigenvalue weighted by Gasteiger charge is -2.26. The number of halogens is 5. The van der Waals surface area contributed by atoms with E-state index in [2.05, 4.69) is 20.4 Å². The van der Waals surface area contributed by atoms with E-state index in [9.17, 15) is 32.3 Å². The van der Waals surface area contributed by atoms with Gasteiger partial charge in [-0.25, -0.2) is 23.4 Å². The summed E-state index contributed by atoms with van der Waals surface area (Å²) in [5.41, 5.74) is -2.79. The Bertz CT molecular complexity index is 1140. The van der Waals surface area contributed by atoms with Gasteiger partial charge in [0.25, 0.3) is 0 Å². The summed E-state index contributed by atoms with van der Waals surface area (Å²) in [4.78, 5) is 7.55. The van der Waals surface area contributed by atoms with Crippen LogP contribution < -0.4 is 5.32 Å². The molecule has 0 fully saturated rings. The lowest BCUT2D eigenvalue weighted by Crippen LogP contribution is -2.47. The molecule has 12 heteroatoms. The topological polar surface area (TPSA) is 99.7 Å². The second kappa shape index (κ2) is 8.27. The summed E-state index contributed by atoms with van der Waals surface area (Å²) in [6.07, 6.45) is -4.23. The quantitative estimate of drug-likeness (QED) is 0.573. The molecule has 3 aromatic rings. The number of benzene rings is 1. The molecule has 0 bridgehead atoms. The van der Waals surface area contributed by atoms with Gasteiger partial charge >= 0.3 is 6.18 Å². The van der Waals surface area contributed by atoms with Crippen molar-refractivity contribution in [1.82, 2.24) is 19.7 Å². The molecular weight excluding hydrogens is 423 g/mol. The van der Waals surface area contributed by atoms with Crippen molar-refractivity contribution in [3.63, 3.8) is 0 Å². The van der Waals surface area contributed by atoms with Crippen molar-refractivity contribution in [3.8, 4) is 17.6 Å². The Hall–Kier alpha value is -3.59. The highest BCUT2D eigenvalue weighted by Crippen LogP contribution is 2.30. The normalized spacial score (nSPS) is 13.5. The third kappa shape index (κ3) is 4.77. The zero-order valence-electron chi connectivity index (χ0n) is 16.0. The summed E-state index contributed by atoms with van der Waals surface area (Å²) in [7, 11) is 0. The summed E-state index contributed by atoms with van der Waals surface area (Å²) < 4.78 is 67.4. The Morgan fingerprint density at radius 2 is 1.90 bits per heavy atom. The molecule has 1 atom stereocenters. The Morgan fingerprint density at radius 1 is 1.19 bits per heavy atom. The van der Waals surface area contributed by atoms with E-state index in [1.54, 1.807) is 6.07 Å². The summed E-state index contributed by atoms with van der Waals surface area (Å²) in [5, 5.41) is 25.0. The van der Waals surface area contributed by atoms with Crippen LogP contribution in [0.2, 0.25) is 0 Å². The van der Waals surface area contributed by atoms with Gasteiger partial charge < -0.3 is 10.4 Å². The summed E-state index contributed by atoms with van der Waals surface area (Å²) >= 11 is 0. The first-order chi connectivity index (χ1) is 14.5. The maximum absolute atomic E-state index is 14.0. The van der Waals surface area contributed by atoms with Gasteiger partial charge in [0, 0.05) is 11.6 Å². The minimum absolute atomic E-state index is 0.0264. The van der Waals surface area contributed by atoms with E-state index in [4.69, 9.17) is 0 Å². The number of rotatable bonds is 6. The van der Waals surface area contributed by atoms with Gasteiger partial charge in [-0.2, -0.15) is 23.5 Å². The molecule has 0 aliphatic carbocycles. The van der Waals surface area contributed by atoms with E-state index in [0.29, 0.717) is 6.92 Å². The number of aromatic nitrogens is 4. The van der Waals surface area contributed by atoms with Gasteiger partial charge in [-0.3, -0.25) is 0 Å². The van der Waals surface area contributed by atoms with E-state index < -0.39 is 35.8 Å². The van der Waals surface area contributed by atoms with Crippen LogP contribution in [0.1, 0.15) is 18.2 Å². The van der Waals surface area contributed by atoms with Gasteiger partial charge in [0.05, 0.1) is 19.3 Å². The van der Waals surface area contributed by atoms with Gasteiger partial charge in [0.2, 0.25) is 0 Å². The highest BCUT2D eigenvalue weighted by molar-refractivity contribution is 5.54. The number of aliphatic hydroxyl groups is 1. The Balaban J connectivity index is 1.88. The zero-order valence-corrected chi connectivity index (χ0v) is 16.0. The van der Waals surface area contributed by atoms with E-state index >= 15 is 0 Å². The van der Waals surface area contributed by atoms with Crippen LogP contribution >= 0.6 is 0 Å². The first-order valence-electron chi connectivity index (χ1n) is 8.79. The molecule has 2 heterocycles. The molecule has 0 amide bonds. The fourth-order valence-corrected chi connectivity index (χ4v) is 2.50. The van der Waals surface area contributed by atoms with Crippen LogP contribution in [0, 0.1) is 23.0 Å². The van der Waals surface area contributed by atoms with Crippen molar-refractivity contribution in [2.75, 3.05) is 11.9 Å². The SMILES string of the molecule is CC(O)(CNc1nc(-c2cc(C#N)n(Cc3ccccc3F)n2)ncc1F)C(F)(F)F. The van der Waals surface area contributed by atoms with E-state index in [-0.39, 0.29) is 29.3 Å². The number of hydrogen-bond donors (Lipinski definition) is 2. The molecule has 162 valence electrons. The van der Waals surface area contributed by atoms with Crippen LogP contribution in [0.25, 0.3) is 11.5 Å². The summed E-state index contributed by atoms with van der Waals surface area (Å²) in [6, 6.07) is 9.06. The number of hydrogen-bond acceptors (Lipinski definition) is 6. The zero-order chi connectivity index (χ0) is 22.8. The molecule has 1 aromatic carbocycles. The molecule has 0 spiro atoms. The first kappa shape index (κ1) is 22.1. The second-order valence-corrected chi connectivity index (χ2v) is 6.79. The molecule has 0 radical (unpaired) electrons. The fraction of sp³-hybridized carbons (Fsp3) is 0.263. The Morgan fingerprint density at radius 3 is 2.55 bits per heavy atom. The predicted octanol–water partition coefficient (Wildman–Crippen LogP) is 3.26. The van der Waals surface area contributed by atoms with Crippen molar-refractivity contribution in [1.29, 1.82) is 5.26 Å². The number of alkyl halides is 3. The Kier molecular flexibility index (Phi) is 5.90. The minimum atomic E-state index is -4.94. The van der Waals surface area contributed by atoms with E-state index in [1.165, 1.54) is 28.9 Å².